The van der Waals surface area contributed by atoms with Crippen LogP contribution in [0, 0.1) is 4.91 Å². The van der Waals surface area contributed by atoms with Gasteiger partial charge in [-0.3, -0.25) is 0 Å². The fraction of sp³-hybridized carbons (Fsp3) is 1.00. The van der Waals surface area contributed by atoms with Crippen molar-refractivity contribution < 1.29 is 2.82 Å². The van der Waals surface area contributed by atoms with Crippen LogP contribution < -0.4 is 5.72 Å². The molecule has 1 unspecified atom stereocenters. The predicted octanol–water partition coefficient (Wildman–Crippen LogP) is 0.880. The number of hydrogen-bond acceptors (Lipinski definition) is 3. The number of nitrogens with two attached hydrogens (primary N) is 1. The molecule has 8 heavy (non-hydrogen) atoms. The van der Waals surface area contributed by atoms with Gasteiger partial charge in [-0.2, -0.15) is 4.91 Å². The van der Waals surface area contributed by atoms with E-state index in [0.717, 1.165) is 6.42 Å². The van der Waals surface area contributed by atoms with Gasteiger partial charge in [0.25, 0.3) is 0 Å². The molecule has 0 radical (unpaired) electrons. The van der Waals surface area contributed by atoms with Crippen LogP contribution in [0.3, 0.4) is 0 Å². The van der Waals surface area contributed by atoms with E-state index >= 15 is 0 Å². The molecule has 0 aliphatic heterocycles. The zero-order valence-corrected chi connectivity index (χ0v) is 5.00. The molecule has 0 aromatic carbocycles. The Hall–Kier alpha value is -0.440. The Bertz CT molecular complexity index is 99.6. The van der Waals surface area contributed by atoms with Crippen LogP contribution in [-0.4, -0.2) is 12.6 Å². The van der Waals surface area contributed by atoms with Gasteiger partial charge in [0.15, 0.2) is 0 Å². The lowest BCUT2D eigenvalue weighted by atomic mass is 10.2. The highest BCUT2D eigenvalue weighted by atomic mass is 16.3. The lowest BCUT2D eigenvalue weighted by Gasteiger charge is -2.01. The van der Waals surface area contributed by atoms with Gasteiger partial charge in [-0.05, 0) is 6.42 Å². The molecule has 3 nitrogen and oxygen atoms in total. The first kappa shape index (κ1) is 4.44. The van der Waals surface area contributed by atoms with Crippen LogP contribution in [0.5, 0.6) is 0 Å². The van der Waals surface area contributed by atoms with Gasteiger partial charge in [0.05, 0.1) is 6.54 Å². The fourth-order valence-corrected chi connectivity index (χ4v) is 0.511. The number of nitroso groups, excluding NO2 is 1. The van der Waals surface area contributed by atoms with Crippen molar-refractivity contribution in [1.82, 2.24) is 0 Å². The van der Waals surface area contributed by atoms with E-state index in [1.165, 1.54) is 0 Å². The highest BCUT2D eigenvalue weighted by molar-refractivity contribution is 4.61. The average molecular weight is 118 g/mol. The highest BCUT2D eigenvalue weighted by Crippen LogP contribution is 1.91. The summed E-state index contributed by atoms with van der Waals surface area (Å²) in [7, 11) is 0. The molecule has 48 valence electrons. The molecule has 3 heteroatoms. The van der Waals surface area contributed by atoms with E-state index in [0.29, 0.717) is 12.1 Å². The molecule has 0 aromatic heterocycles. The Morgan fingerprint density at radius 3 is 3.12 bits per heavy atom. The molecule has 0 aliphatic carbocycles. The zero-order valence-electron chi connectivity index (χ0n) is 7.00. The van der Waals surface area contributed by atoms with Crippen LogP contribution in [0.1, 0.15) is 19.8 Å². The SMILES string of the molecule is [2H]N([2H])C(CCC)CN=O. The third-order valence-electron chi connectivity index (χ3n) is 0.907. The highest BCUT2D eigenvalue weighted by Gasteiger charge is 1.97. The molecular formula is C5H12N2O. The summed E-state index contributed by atoms with van der Waals surface area (Å²) in [4.78, 5) is 9.75. The summed E-state index contributed by atoms with van der Waals surface area (Å²) in [6.45, 7) is 1.99. The Labute approximate surface area is 52.2 Å². The minimum Gasteiger partial charge on any atom is -0.326 e. The summed E-state index contributed by atoms with van der Waals surface area (Å²) in [5, 5.41) is 2.64. The van der Waals surface area contributed by atoms with E-state index in [4.69, 9.17) is 2.82 Å². The van der Waals surface area contributed by atoms with E-state index < -0.39 is 0 Å². The molecule has 0 saturated carbocycles. The van der Waals surface area contributed by atoms with Crippen molar-refractivity contribution in [3.05, 3.63) is 4.91 Å². The second-order valence-corrected chi connectivity index (χ2v) is 1.75. The molecule has 1 atom stereocenters. The third kappa shape index (κ3) is 3.74. The standard InChI is InChI=1S/C5H12N2O/c1-2-3-5(6)4-7-8/h5H,2-4,6H2,1H3/i/hD2. The summed E-state index contributed by atoms with van der Waals surface area (Å²) < 4.78 is 13.7. The normalized spacial score (nSPS) is 17.2. The molecule has 0 heterocycles. The van der Waals surface area contributed by atoms with Crippen molar-refractivity contribution in [2.45, 2.75) is 25.8 Å². The van der Waals surface area contributed by atoms with Crippen LogP contribution in [0.2, 0.25) is 2.82 Å². The van der Waals surface area contributed by atoms with E-state index in [1.54, 1.807) is 0 Å². The van der Waals surface area contributed by atoms with Gasteiger partial charge < -0.3 is 5.72 Å². The van der Waals surface area contributed by atoms with Gasteiger partial charge in [0, 0.05) is 6.04 Å². The van der Waals surface area contributed by atoms with Gasteiger partial charge in [-0.25, -0.2) is 0 Å². The summed E-state index contributed by atoms with van der Waals surface area (Å²) in [6.07, 6.45) is 1.55. The molecule has 2 N–H and O–H groups in total. The lowest BCUT2D eigenvalue weighted by Crippen LogP contribution is -2.22. The van der Waals surface area contributed by atoms with Crippen LogP contribution in [0.25, 0.3) is 0 Å². The number of nitrogens with zero attached hydrogens (tertiary/aromatic N) is 1. The monoisotopic (exact) mass is 118 g/mol. The zero-order chi connectivity index (χ0) is 7.98. The molecule has 0 saturated heterocycles. The van der Waals surface area contributed by atoms with Crippen molar-refractivity contribution in [3.63, 3.8) is 0 Å². The van der Waals surface area contributed by atoms with Crippen LogP contribution in [0.15, 0.2) is 5.18 Å². The Balaban J connectivity index is 3.60. The van der Waals surface area contributed by atoms with E-state index in [1.807, 2.05) is 6.92 Å². The summed E-state index contributed by atoms with van der Waals surface area (Å²) >= 11 is 0. The van der Waals surface area contributed by atoms with E-state index in [9.17, 15) is 4.91 Å². The average Bonchev–Trinajstić information content (AvgIpc) is 1.87. The third-order valence-corrected chi connectivity index (χ3v) is 0.907. The fourth-order valence-electron chi connectivity index (χ4n) is 0.511. The Morgan fingerprint density at radius 2 is 2.75 bits per heavy atom. The molecule has 0 fully saturated rings. The smallest absolute Gasteiger partial charge is 0.119 e. The van der Waals surface area contributed by atoms with Gasteiger partial charge in [-0.1, -0.05) is 18.5 Å². The molecule has 0 bridgehead atoms. The summed E-state index contributed by atoms with van der Waals surface area (Å²) in [5.41, 5.74) is 0.547. The van der Waals surface area contributed by atoms with Crippen molar-refractivity contribution in [1.29, 1.82) is 0 Å². The minimum atomic E-state index is -0.331. The second-order valence-electron chi connectivity index (χ2n) is 1.75. The molecule has 0 aliphatic rings. The van der Waals surface area contributed by atoms with E-state index in [-0.39, 0.29) is 12.6 Å². The maximum Gasteiger partial charge on any atom is 0.119 e. The maximum atomic E-state index is 9.75. The second kappa shape index (κ2) is 4.71. The van der Waals surface area contributed by atoms with Crippen LogP contribution in [-0.2, 0) is 0 Å². The Kier molecular flexibility index (Phi) is 2.62. The van der Waals surface area contributed by atoms with Crippen molar-refractivity contribution in [2.24, 2.45) is 10.9 Å². The van der Waals surface area contributed by atoms with Gasteiger partial charge in [-0.15, -0.1) is 0 Å². The van der Waals surface area contributed by atoms with Crippen molar-refractivity contribution in [2.75, 3.05) is 6.54 Å². The molecular weight excluding hydrogens is 104 g/mol. The minimum absolute atomic E-state index is 0.0425. The quantitative estimate of drug-likeness (QED) is 0.545. The lowest BCUT2D eigenvalue weighted by molar-refractivity contribution is 0.611. The first-order valence-corrected chi connectivity index (χ1v) is 2.78. The topological polar surface area (TPSA) is 55.4 Å². The molecule has 0 spiro atoms. The summed E-state index contributed by atoms with van der Waals surface area (Å²) in [6, 6.07) is -0.331. The molecule has 0 amide bonds. The van der Waals surface area contributed by atoms with Crippen LogP contribution >= 0.6 is 0 Å². The summed E-state index contributed by atoms with van der Waals surface area (Å²) in [5.74, 6) is 0. The number of rotatable bonds is 5. The number of hydrogen-bond donors (Lipinski definition) is 1. The maximum absolute atomic E-state index is 9.75. The van der Waals surface area contributed by atoms with Gasteiger partial charge in [0.1, 0.15) is 2.82 Å². The van der Waals surface area contributed by atoms with Crippen molar-refractivity contribution >= 4 is 0 Å². The first-order chi connectivity index (χ1) is 4.72. The largest absolute Gasteiger partial charge is 0.326 e. The van der Waals surface area contributed by atoms with Crippen molar-refractivity contribution in [3.8, 4) is 0 Å². The predicted molar refractivity (Wildman–Crippen MR) is 33.5 cm³/mol. The molecule has 0 rings (SSSR count). The van der Waals surface area contributed by atoms with Gasteiger partial charge >= 0.3 is 0 Å². The van der Waals surface area contributed by atoms with Gasteiger partial charge in [0.2, 0.25) is 0 Å². The molecule has 0 aromatic rings. The van der Waals surface area contributed by atoms with Crippen LogP contribution in [0.4, 0.5) is 0 Å². The Morgan fingerprint density at radius 1 is 2.00 bits per heavy atom. The first-order valence-electron chi connectivity index (χ1n) is 3.68. The van der Waals surface area contributed by atoms with E-state index in [2.05, 4.69) is 5.18 Å².